The maximum Gasteiger partial charge on any atom is 0.418 e. The highest BCUT2D eigenvalue weighted by molar-refractivity contribution is 6.32. The first kappa shape index (κ1) is 16.7. The number of H-pyrrole nitrogens is 1. The van der Waals surface area contributed by atoms with Crippen LogP contribution in [0.4, 0.5) is 13.2 Å². The number of ether oxygens (including phenoxy) is 1. The molecular weight excluding hydrogens is 319 g/mol. The number of nitrogens with one attached hydrogen (secondary N) is 1. The van der Waals surface area contributed by atoms with Gasteiger partial charge in [0.25, 0.3) is 0 Å². The van der Waals surface area contributed by atoms with Crippen molar-refractivity contribution in [3.05, 3.63) is 34.0 Å². The number of alkyl halides is 3. The van der Waals surface area contributed by atoms with Gasteiger partial charge in [-0.2, -0.15) is 13.2 Å². The molecule has 2 aromatic rings. The van der Waals surface area contributed by atoms with Gasteiger partial charge in [-0.25, -0.2) is 0 Å². The van der Waals surface area contributed by atoms with Crippen molar-refractivity contribution in [2.24, 2.45) is 0 Å². The van der Waals surface area contributed by atoms with Gasteiger partial charge in [0.2, 0.25) is 0 Å². The fourth-order valence-electron chi connectivity index (χ4n) is 2.51. The van der Waals surface area contributed by atoms with Gasteiger partial charge in [-0.15, -0.1) is 0 Å². The standard InChI is InChI=1S/C15H15ClF3NO2/c1-3-22-12(21)7-4-9-8(2)20-11-6-5-10(16)14(13(9)11)15(17,18)19/h5-6,20H,3-4,7H2,1-2H3. The Hall–Kier alpha value is -1.69. The van der Waals surface area contributed by atoms with Crippen LogP contribution in [0, 0.1) is 6.92 Å². The second-order valence-electron chi connectivity index (χ2n) is 4.88. The molecule has 7 heteroatoms. The van der Waals surface area contributed by atoms with E-state index in [2.05, 4.69) is 4.98 Å². The summed E-state index contributed by atoms with van der Waals surface area (Å²) in [6, 6.07) is 2.73. The lowest BCUT2D eigenvalue weighted by Gasteiger charge is -2.12. The number of aryl methyl sites for hydroxylation is 2. The van der Waals surface area contributed by atoms with Gasteiger partial charge in [-0.3, -0.25) is 4.79 Å². The molecule has 0 aliphatic heterocycles. The van der Waals surface area contributed by atoms with Crippen molar-refractivity contribution >= 4 is 28.5 Å². The van der Waals surface area contributed by atoms with Crippen molar-refractivity contribution in [3.8, 4) is 0 Å². The first-order valence-corrected chi connectivity index (χ1v) is 7.16. The number of benzene rings is 1. The molecule has 120 valence electrons. The van der Waals surface area contributed by atoms with Crippen LogP contribution in [-0.2, 0) is 22.1 Å². The normalized spacial score (nSPS) is 11.9. The fourth-order valence-corrected chi connectivity index (χ4v) is 2.77. The summed E-state index contributed by atoms with van der Waals surface area (Å²) >= 11 is 5.76. The minimum absolute atomic E-state index is 0.0193. The van der Waals surface area contributed by atoms with Gasteiger partial charge in [0.05, 0.1) is 17.2 Å². The molecule has 1 aromatic heterocycles. The number of halogens is 4. The van der Waals surface area contributed by atoms with E-state index in [1.54, 1.807) is 13.8 Å². The number of carbonyl (C=O) groups excluding carboxylic acids is 1. The summed E-state index contributed by atoms with van der Waals surface area (Å²) in [5.41, 5.74) is 0.521. The highest BCUT2D eigenvalue weighted by atomic mass is 35.5. The van der Waals surface area contributed by atoms with Gasteiger partial charge >= 0.3 is 12.1 Å². The van der Waals surface area contributed by atoms with E-state index in [9.17, 15) is 18.0 Å². The van der Waals surface area contributed by atoms with Crippen LogP contribution in [0.15, 0.2) is 12.1 Å². The van der Waals surface area contributed by atoms with Crippen molar-refractivity contribution in [1.82, 2.24) is 4.98 Å². The molecule has 0 amide bonds. The van der Waals surface area contributed by atoms with Crippen molar-refractivity contribution in [3.63, 3.8) is 0 Å². The zero-order valence-electron chi connectivity index (χ0n) is 12.1. The number of rotatable bonds is 4. The van der Waals surface area contributed by atoms with Crippen LogP contribution in [-0.4, -0.2) is 17.6 Å². The van der Waals surface area contributed by atoms with E-state index in [0.717, 1.165) is 0 Å². The molecule has 1 heterocycles. The predicted octanol–water partition coefficient (Wildman–Crippen LogP) is 4.64. The molecule has 0 saturated carbocycles. The average Bonchev–Trinajstić information content (AvgIpc) is 2.71. The van der Waals surface area contributed by atoms with E-state index in [-0.39, 0.29) is 29.9 Å². The first-order valence-electron chi connectivity index (χ1n) is 6.78. The highest BCUT2D eigenvalue weighted by Gasteiger charge is 2.36. The number of fused-ring (bicyclic) bond motifs is 1. The first-order chi connectivity index (χ1) is 10.3. The van der Waals surface area contributed by atoms with Crippen LogP contribution in [0.2, 0.25) is 5.02 Å². The minimum Gasteiger partial charge on any atom is -0.466 e. The lowest BCUT2D eigenvalue weighted by atomic mass is 10.0. The number of carbonyl (C=O) groups is 1. The van der Waals surface area contributed by atoms with E-state index >= 15 is 0 Å². The summed E-state index contributed by atoms with van der Waals surface area (Å²) in [6.07, 6.45) is -4.39. The summed E-state index contributed by atoms with van der Waals surface area (Å²) in [6.45, 7) is 3.59. The maximum absolute atomic E-state index is 13.3. The Balaban J connectivity index is 2.52. The van der Waals surface area contributed by atoms with Crippen LogP contribution < -0.4 is 0 Å². The number of hydrogen-bond acceptors (Lipinski definition) is 2. The summed E-state index contributed by atoms with van der Waals surface area (Å²) in [4.78, 5) is 14.4. The molecule has 1 aromatic carbocycles. The number of hydrogen-bond donors (Lipinski definition) is 1. The molecule has 3 nitrogen and oxygen atoms in total. The maximum atomic E-state index is 13.3. The Morgan fingerprint density at radius 2 is 2.05 bits per heavy atom. The fraction of sp³-hybridized carbons (Fsp3) is 0.400. The van der Waals surface area contributed by atoms with Crippen LogP contribution in [0.1, 0.15) is 30.2 Å². The molecule has 1 N–H and O–H groups in total. The van der Waals surface area contributed by atoms with E-state index in [0.29, 0.717) is 16.8 Å². The molecular formula is C15H15ClF3NO2. The van der Waals surface area contributed by atoms with E-state index in [1.807, 2.05) is 0 Å². The number of aromatic nitrogens is 1. The van der Waals surface area contributed by atoms with E-state index in [4.69, 9.17) is 16.3 Å². The molecule has 0 radical (unpaired) electrons. The van der Waals surface area contributed by atoms with Gasteiger partial charge < -0.3 is 9.72 Å². The molecule has 0 atom stereocenters. The van der Waals surface area contributed by atoms with E-state index in [1.165, 1.54) is 12.1 Å². The second-order valence-corrected chi connectivity index (χ2v) is 5.28. The van der Waals surface area contributed by atoms with Crippen molar-refractivity contribution in [2.75, 3.05) is 6.61 Å². The summed E-state index contributed by atoms with van der Waals surface area (Å²) in [5.74, 6) is -0.438. The number of aromatic amines is 1. The molecule has 0 spiro atoms. The minimum atomic E-state index is -4.57. The molecule has 0 fully saturated rings. The predicted molar refractivity (Wildman–Crippen MR) is 78.0 cm³/mol. The Morgan fingerprint density at radius 1 is 1.36 bits per heavy atom. The van der Waals surface area contributed by atoms with Gasteiger partial charge in [-0.1, -0.05) is 11.6 Å². The van der Waals surface area contributed by atoms with Gasteiger partial charge in [-0.05, 0) is 38.0 Å². The average molecular weight is 334 g/mol. The van der Waals surface area contributed by atoms with Gasteiger partial charge in [0.1, 0.15) is 0 Å². The smallest absolute Gasteiger partial charge is 0.418 e. The Kier molecular flexibility index (Phi) is 4.70. The van der Waals surface area contributed by atoms with Crippen molar-refractivity contribution < 1.29 is 22.7 Å². The highest BCUT2D eigenvalue weighted by Crippen LogP contribution is 2.42. The molecule has 0 unspecified atom stereocenters. The van der Waals surface area contributed by atoms with Gasteiger partial charge in [0, 0.05) is 23.0 Å². The topological polar surface area (TPSA) is 42.1 Å². The molecule has 0 aliphatic carbocycles. The summed E-state index contributed by atoms with van der Waals surface area (Å²) in [5, 5.41) is -0.321. The zero-order chi connectivity index (χ0) is 16.5. The second kappa shape index (κ2) is 6.20. The molecule has 0 bridgehead atoms. The van der Waals surface area contributed by atoms with Crippen molar-refractivity contribution in [1.29, 1.82) is 0 Å². The van der Waals surface area contributed by atoms with Crippen LogP contribution in [0.3, 0.4) is 0 Å². The van der Waals surface area contributed by atoms with Crippen LogP contribution >= 0.6 is 11.6 Å². The SMILES string of the molecule is CCOC(=O)CCc1c(C)[nH]c2ccc(Cl)c(C(F)(F)F)c12. The largest absolute Gasteiger partial charge is 0.466 e. The zero-order valence-corrected chi connectivity index (χ0v) is 12.9. The third kappa shape index (κ3) is 3.21. The summed E-state index contributed by atoms with van der Waals surface area (Å²) < 4.78 is 44.7. The molecule has 22 heavy (non-hydrogen) atoms. The van der Waals surface area contributed by atoms with Gasteiger partial charge in [0.15, 0.2) is 0 Å². The van der Waals surface area contributed by atoms with Crippen LogP contribution in [0.25, 0.3) is 10.9 Å². The molecule has 2 rings (SSSR count). The Morgan fingerprint density at radius 3 is 2.64 bits per heavy atom. The lowest BCUT2D eigenvalue weighted by molar-refractivity contribution is -0.143. The Labute approximate surface area is 130 Å². The molecule has 0 aliphatic rings. The monoisotopic (exact) mass is 333 g/mol. The van der Waals surface area contributed by atoms with E-state index < -0.39 is 17.7 Å². The number of esters is 1. The Bertz CT molecular complexity index is 707. The van der Waals surface area contributed by atoms with Crippen LogP contribution in [0.5, 0.6) is 0 Å². The third-order valence-electron chi connectivity index (χ3n) is 3.40. The third-order valence-corrected chi connectivity index (χ3v) is 3.71. The van der Waals surface area contributed by atoms with Crippen molar-refractivity contribution in [2.45, 2.75) is 32.9 Å². The quantitative estimate of drug-likeness (QED) is 0.828. The lowest BCUT2D eigenvalue weighted by Crippen LogP contribution is -2.09. The molecule has 0 saturated heterocycles. The summed E-state index contributed by atoms with van der Waals surface area (Å²) in [7, 11) is 0.